The maximum Gasteiger partial charge on any atom is 0.335 e. The van der Waals surface area contributed by atoms with Crippen LogP contribution in [0.5, 0.6) is 0 Å². The molecule has 0 saturated heterocycles. The SMILES string of the molecule is COCCN1C(=O)CN(C(=O)/C=C/c2ccc(C#N)cc2)c2cc(C(=O)O)ccc21. The molecular weight excluding hydrogens is 386 g/mol. The highest BCUT2D eigenvalue weighted by molar-refractivity contribution is 6.15. The summed E-state index contributed by atoms with van der Waals surface area (Å²) in [4.78, 5) is 39.6. The van der Waals surface area contributed by atoms with Gasteiger partial charge < -0.3 is 14.7 Å². The molecule has 30 heavy (non-hydrogen) atoms. The highest BCUT2D eigenvalue weighted by Gasteiger charge is 2.32. The van der Waals surface area contributed by atoms with E-state index in [-0.39, 0.29) is 24.6 Å². The van der Waals surface area contributed by atoms with Crippen LogP contribution in [0.3, 0.4) is 0 Å². The number of hydrogen-bond donors (Lipinski definition) is 1. The van der Waals surface area contributed by atoms with Crippen molar-refractivity contribution < 1.29 is 24.2 Å². The fourth-order valence-corrected chi connectivity index (χ4v) is 3.09. The van der Waals surface area contributed by atoms with Crippen molar-refractivity contribution >= 4 is 35.2 Å². The predicted molar refractivity (Wildman–Crippen MR) is 110 cm³/mol. The van der Waals surface area contributed by atoms with Gasteiger partial charge in [0.05, 0.1) is 35.2 Å². The zero-order valence-electron chi connectivity index (χ0n) is 16.2. The third-order valence-electron chi connectivity index (χ3n) is 4.64. The van der Waals surface area contributed by atoms with E-state index in [9.17, 15) is 19.5 Å². The Hall–Kier alpha value is -3.96. The first kappa shape index (κ1) is 20.8. The minimum Gasteiger partial charge on any atom is -0.478 e. The molecule has 8 heteroatoms. The van der Waals surface area contributed by atoms with Gasteiger partial charge in [0.1, 0.15) is 6.54 Å². The minimum absolute atomic E-state index is 0.0173. The first-order chi connectivity index (χ1) is 14.4. The van der Waals surface area contributed by atoms with Gasteiger partial charge in [-0.05, 0) is 42.0 Å². The van der Waals surface area contributed by atoms with E-state index >= 15 is 0 Å². The molecule has 3 rings (SSSR count). The molecule has 2 aromatic rings. The molecule has 0 aliphatic carbocycles. The molecular formula is C22H19N3O5. The molecule has 0 fully saturated rings. The standard InChI is InChI=1S/C22H19N3O5/c1-30-11-10-24-18-8-7-17(22(28)29)12-19(18)25(14-21(24)27)20(26)9-6-15-2-4-16(13-23)5-3-15/h2-9,12H,10-11,14H2,1H3,(H,28,29)/b9-6+. The van der Waals surface area contributed by atoms with Gasteiger partial charge >= 0.3 is 5.97 Å². The van der Waals surface area contributed by atoms with Crippen LogP contribution in [0.25, 0.3) is 6.08 Å². The van der Waals surface area contributed by atoms with Crippen molar-refractivity contribution in [2.24, 2.45) is 0 Å². The first-order valence-electron chi connectivity index (χ1n) is 9.11. The number of carboxylic acids is 1. The first-order valence-corrected chi connectivity index (χ1v) is 9.11. The summed E-state index contributed by atoms with van der Waals surface area (Å²) in [5.74, 6) is -1.87. The van der Waals surface area contributed by atoms with E-state index in [1.54, 1.807) is 30.3 Å². The van der Waals surface area contributed by atoms with Crippen LogP contribution in [0.15, 0.2) is 48.5 Å². The Kier molecular flexibility index (Phi) is 6.25. The molecule has 2 amide bonds. The predicted octanol–water partition coefficient (Wildman–Crippen LogP) is 2.30. The van der Waals surface area contributed by atoms with E-state index < -0.39 is 11.9 Å². The number of rotatable bonds is 6. The van der Waals surface area contributed by atoms with E-state index in [4.69, 9.17) is 10.00 Å². The number of aromatic carboxylic acids is 1. The van der Waals surface area contributed by atoms with E-state index in [0.29, 0.717) is 29.1 Å². The summed E-state index contributed by atoms with van der Waals surface area (Å²) in [7, 11) is 1.52. The van der Waals surface area contributed by atoms with Crippen molar-refractivity contribution in [3.05, 3.63) is 65.2 Å². The molecule has 2 aromatic carbocycles. The summed E-state index contributed by atoms with van der Waals surface area (Å²) in [6, 6.07) is 13.0. The summed E-state index contributed by atoms with van der Waals surface area (Å²) in [6.45, 7) is 0.382. The normalized spacial score (nSPS) is 13.3. The molecule has 0 unspecified atom stereocenters. The summed E-state index contributed by atoms with van der Waals surface area (Å²) >= 11 is 0. The Labute approximate surface area is 173 Å². The van der Waals surface area contributed by atoms with Crippen LogP contribution in [0.2, 0.25) is 0 Å². The van der Waals surface area contributed by atoms with Gasteiger partial charge in [-0.2, -0.15) is 5.26 Å². The molecule has 1 aliphatic heterocycles. The van der Waals surface area contributed by atoms with Crippen LogP contribution >= 0.6 is 0 Å². The summed E-state index contributed by atoms with van der Waals surface area (Å²) in [6.07, 6.45) is 2.89. The van der Waals surface area contributed by atoms with Gasteiger partial charge in [0.15, 0.2) is 0 Å². The maximum absolute atomic E-state index is 12.8. The van der Waals surface area contributed by atoms with Crippen LogP contribution < -0.4 is 9.80 Å². The third-order valence-corrected chi connectivity index (χ3v) is 4.64. The van der Waals surface area contributed by atoms with Gasteiger partial charge in [-0.25, -0.2) is 4.79 Å². The van der Waals surface area contributed by atoms with Gasteiger partial charge in [0.2, 0.25) is 5.91 Å². The zero-order valence-corrected chi connectivity index (χ0v) is 16.2. The van der Waals surface area contributed by atoms with Crippen molar-refractivity contribution in [1.29, 1.82) is 5.26 Å². The van der Waals surface area contributed by atoms with Crippen LogP contribution in [0.1, 0.15) is 21.5 Å². The van der Waals surface area contributed by atoms with Crippen molar-refractivity contribution in [2.75, 3.05) is 36.6 Å². The molecule has 8 nitrogen and oxygen atoms in total. The highest BCUT2D eigenvalue weighted by Crippen LogP contribution is 2.34. The Morgan fingerprint density at radius 2 is 1.93 bits per heavy atom. The number of hydrogen-bond acceptors (Lipinski definition) is 5. The summed E-state index contributed by atoms with van der Waals surface area (Å²) < 4.78 is 5.05. The maximum atomic E-state index is 12.8. The zero-order chi connectivity index (χ0) is 21.7. The number of ether oxygens (including phenoxy) is 1. The Morgan fingerprint density at radius 1 is 1.20 bits per heavy atom. The van der Waals surface area contributed by atoms with Crippen LogP contribution in [-0.4, -0.2) is 49.7 Å². The lowest BCUT2D eigenvalue weighted by Gasteiger charge is -2.35. The third kappa shape index (κ3) is 4.37. The monoisotopic (exact) mass is 405 g/mol. The Balaban J connectivity index is 1.93. The second-order valence-electron chi connectivity index (χ2n) is 6.54. The molecule has 0 bridgehead atoms. The van der Waals surface area contributed by atoms with Gasteiger partial charge in [-0.1, -0.05) is 12.1 Å². The molecule has 0 radical (unpaired) electrons. The number of carbonyl (C=O) groups excluding carboxylic acids is 2. The molecule has 1 N–H and O–H groups in total. The second-order valence-corrected chi connectivity index (χ2v) is 6.54. The van der Waals surface area contributed by atoms with Gasteiger partial charge in [0.25, 0.3) is 5.91 Å². The topological polar surface area (TPSA) is 111 Å². The van der Waals surface area contributed by atoms with Crippen LogP contribution in [0, 0.1) is 11.3 Å². The number of carboxylic acid groups (broad SMARTS) is 1. The average Bonchev–Trinajstić information content (AvgIpc) is 2.76. The van der Waals surface area contributed by atoms with Gasteiger partial charge in [0, 0.05) is 19.7 Å². The smallest absolute Gasteiger partial charge is 0.335 e. The van der Waals surface area contributed by atoms with Gasteiger partial charge in [-0.3, -0.25) is 14.5 Å². The molecule has 0 spiro atoms. The molecule has 0 atom stereocenters. The lowest BCUT2D eigenvalue weighted by molar-refractivity contribution is -0.121. The number of methoxy groups -OCH3 is 1. The van der Waals surface area contributed by atoms with Gasteiger partial charge in [-0.15, -0.1) is 0 Å². The minimum atomic E-state index is -1.13. The quantitative estimate of drug-likeness (QED) is 0.738. The summed E-state index contributed by atoms with van der Waals surface area (Å²) in [5.41, 5.74) is 2.04. The van der Waals surface area contributed by atoms with Crippen molar-refractivity contribution in [3.8, 4) is 6.07 Å². The van der Waals surface area contributed by atoms with Crippen LogP contribution in [0.4, 0.5) is 11.4 Å². The van der Waals surface area contributed by atoms with Crippen molar-refractivity contribution in [3.63, 3.8) is 0 Å². The largest absolute Gasteiger partial charge is 0.478 e. The van der Waals surface area contributed by atoms with Crippen LogP contribution in [-0.2, 0) is 14.3 Å². The molecule has 0 aromatic heterocycles. The van der Waals surface area contributed by atoms with E-state index in [1.165, 1.54) is 41.2 Å². The molecule has 1 aliphatic rings. The number of anilines is 2. The number of fused-ring (bicyclic) bond motifs is 1. The number of nitrogens with zero attached hydrogens (tertiary/aromatic N) is 3. The van der Waals surface area contributed by atoms with Crippen molar-refractivity contribution in [1.82, 2.24) is 0 Å². The summed E-state index contributed by atoms with van der Waals surface area (Å²) in [5, 5.41) is 18.2. The lowest BCUT2D eigenvalue weighted by Crippen LogP contribution is -2.48. The van der Waals surface area contributed by atoms with E-state index in [0.717, 1.165) is 0 Å². The lowest BCUT2D eigenvalue weighted by atomic mass is 10.1. The molecule has 1 heterocycles. The molecule has 0 saturated carbocycles. The highest BCUT2D eigenvalue weighted by atomic mass is 16.5. The average molecular weight is 405 g/mol. The number of benzene rings is 2. The fourth-order valence-electron chi connectivity index (χ4n) is 3.09. The van der Waals surface area contributed by atoms with E-state index in [1.807, 2.05) is 6.07 Å². The van der Waals surface area contributed by atoms with E-state index in [2.05, 4.69) is 0 Å². The number of nitriles is 1. The second kappa shape index (κ2) is 9.03. The van der Waals surface area contributed by atoms with Crippen molar-refractivity contribution in [2.45, 2.75) is 0 Å². The number of amides is 2. The Morgan fingerprint density at radius 3 is 2.57 bits per heavy atom. The fraction of sp³-hybridized carbons (Fsp3) is 0.182. The molecule has 152 valence electrons. The number of carbonyl (C=O) groups is 3. The Bertz CT molecular complexity index is 1050.